The predicted octanol–water partition coefficient (Wildman–Crippen LogP) is 18.4. The molecule has 0 radical (unpaired) electrons. The molecule has 0 aliphatic carbocycles. The average molecular weight is 1120 g/mol. The summed E-state index contributed by atoms with van der Waals surface area (Å²) >= 11 is 0. The highest BCUT2D eigenvalue weighted by Crippen LogP contribution is 2.96. The first kappa shape index (κ1) is 61.2. The van der Waals surface area contributed by atoms with Crippen LogP contribution in [-0.2, 0) is 0 Å². The van der Waals surface area contributed by atoms with Crippen LogP contribution < -0.4 is 21.5 Å². The first-order valence-corrected chi connectivity index (χ1v) is 32.2. The highest BCUT2D eigenvalue weighted by molar-refractivity contribution is 8.32. The SMILES string of the molecule is CC(C)c1cc(C(C)C)c([P+]23CC[B@-](c4c(F)c(F)c(F)c(F)c4F)([C@@H]2C)[P+]2(c4c(C(C)C)cc(C(C)C)cc4C(C)C)CC[B@-]3(c3c(F)c(F)c(F)c(F)c3F)[C@@H]2C)c(C(C)C)c1.Cc1ccccc1.Cc1ccccc1. The van der Waals surface area contributed by atoms with Gasteiger partial charge in [0.25, 0.3) is 0 Å². The molecule has 6 atom stereocenters. The fraction of sp³-hybridized carbons (Fsp3) is 0.438. The number of hydrogen-bond acceptors (Lipinski definition) is 0. The van der Waals surface area contributed by atoms with Crippen molar-refractivity contribution in [2.24, 2.45) is 0 Å². The Hall–Kier alpha value is -4.39. The summed E-state index contributed by atoms with van der Waals surface area (Å²) in [7, 11) is -7.26. The van der Waals surface area contributed by atoms with Gasteiger partial charge in [-0.2, -0.15) is 0 Å². The molecule has 3 aliphatic rings. The van der Waals surface area contributed by atoms with Gasteiger partial charge in [0.2, 0.25) is 11.7 Å². The molecule has 3 aliphatic heterocycles. The van der Waals surface area contributed by atoms with Gasteiger partial charge < -0.3 is 0 Å². The molecule has 4 bridgehead atoms. The Bertz CT molecular complexity index is 2870. The maximum absolute atomic E-state index is 17.5. The van der Waals surface area contributed by atoms with Crippen molar-refractivity contribution in [1.29, 1.82) is 0 Å². The Kier molecular flexibility index (Phi) is 18.0. The average Bonchev–Trinajstić information content (AvgIpc) is 4.01. The summed E-state index contributed by atoms with van der Waals surface area (Å²) in [5, 5.41) is 1.50. The van der Waals surface area contributed by atoms with Crippen LogP contribution in [0.25, 0.3) is 0 Å². The van der Waals surface area contributed by atoms with Crippen LogP contribution in [0.3, 0.4) is 0 Å². The van der Waals surface area contributed by atoms with E-state index in [-0.39, 0.29) is 60.5 Å². The smallest absolute Gasteiger partial charge is 0.207 e. The Morgan fingerprint density at radius 2 is 0.590 bits per heavy atom. The summed E-state index contributed by atoms with van der Waals surface area (Å²) in [5.74, 6) is -27.2. The van der Waals surface area contributed by atoms with Gasteiger partial charge in [-0.15, -0.1) is 26.9 Å². The Morgan fingerprint density at radius 3 is 0.782 bits per heavy atom. The molecule has 14 heteroatoms. The largest absolute Gasteiger partial charge is 0.238 e. The quantitative estimate of drug-likeness (QED) is 0.0422. The molecule has 3 heterocycles. The summed E-state index contributed by atoms with van der Waals surface area (Å²) < 4.78 is 165. The molecule has 3 saturated heterocycles. The van der Waals surface area contributed by atoms with Gasteiger partial charge in [-0.1, -0.05) is 204 Å². The highest BCUT2D eigenvalue weighted by atomic mass is 31.2. The number of halogens is 10. The minimum Gasteiger partial charge on any atom is -0.207 e. The maximum Gasteiger partial charge on any atom is 0.238 e. The van der Waals surface area contributed by atoms with Gasteiger partial charge in [-0.05, 0) is 106 Å². The van der Waals surface area contributed by atoms with E-state index in [9.17, 15) is 0 Å². The van der Waals surface area contributed by atoms with Crippen molar-refractivity contribution in [2.45, 2.75) is 170 Å². The van der Waals surface area contributed by atoms with E-state index in [4.69, 9.17) is 0 Å². The second-order valence-corrected chi connectivity index (χ2v) is 33.8. The number of aryl methyl sites for hydroxylation is 2. The Morgan fingerprint density at radius 1 is 0.359 bits per heavy atom. The van der Waals surface area contributed by atoms with Crippen molar-refractivity contribution < 1.29 is 43.9 Å². The molecule has 0 saturated carbocycles. The molecule has 0 amide bonds. The van der Waals surface area contributed by atoms with Crippen LogP contribution in [0.2, 0.25) is 12.6 Å². The zero-order valence-corrected chi connectivity index (χ0v) is 50.1. The van der Waals surface area contributed by atoms with Gasteiger partial charge in [0, 0.05) is 0 Å². The van der Waals surface area contributed by atoms with Gasteiger partial charge in [0.1, 0.15) is 23.3 Å². The molecule has 0 nitrogen and oxygen atoms in total. The molecular weight excluding hydrogens is 1040 g/mol. The summed E-state index contributed by atoms with van der Waals surface area (Å²) in [6, 6.07) is 28.7. The van der Waals surface area contributed by atoms with E-state index in [1.165, 1.54) is 11.1 Å². The molecule has 0 aromatic heterocycles. The van der Waals surface area contributed by atoms with Gasteiger partial charge >= 0.3 is 0 Å². The number of fused-ring (bicyclic) bond motifs is 6. The van der Waals surface area contributed by atoms with E-state index in [0.29, 0.717) is 0 Å². The molecule has 78 heavy (non-hydrogen) atoms. The van der Waals surface area contributed by atoms with Gasteiger partial charge in [-0.3, -0.25) is 0 Å². The van der Waals surface area contributed by atoms with Gasteiger partial charge in [0.15, 0.2) is 34.9 Å². The zero-order valence-electron chi connectivity index (χ0n) is 48.4. The monoisotopic (exact) mass is 1120 g/mol. The maximum atomic E-state index is 17.5. The minimum atomic E-state index is -3.63. The molecule has 3 fully saturated rings. The van der Waals surface area contributed by atoms with Crippen molar-refractivity contribution in [3.8, 4) is 0 Å². The van der Waals surface area contributed by atoms with Crippen LogP contribution in [0, 0.1) is 72.0 Å². The fourth-order valence-corrected chi connectivity index (χ4v) is 35.6. The van der Waals surface area contributed by atoms with Crippen molar-refractivity contribution in [1.82, 2.24) is 0 Å². The molecule has 0 N–H and O–H groups in total. The first-order valence-electron chi connectivity index (χ1n) is 28.0. The topological polar surface area (TPSA) is 0 Å². The summed E-state index contributed by atoms with van der Waals surface area (Å²) in [5.41, 5.74) is 4.23. The second kappa shape index (κ2) is 22.9. The van der Waals surface area contributed by atoms with Crippen LogP contribution in [0.15, 0.2) is 84.9 Å². The van der Waals surface area contributed by atoms with Crippen molar-refractivity contribution in [3.05, 3.63) is 188 Å². The predicted molar refractivity (Wildman–Crippen MR) is 314 cm³/mol. The minimum absolute atomic E-state index is 0.0280. The lowest BCUT2D eigenvalue weighted by Gasteiger charge is -2.65. The van der Waals surface area contributed by atoms with Crippen LogP contribution in [-0.4, -0.2) is 35.2 Å². The number of hydrogen-bond donors (Lipinski definition) is 0. The van der Waals surface area contributed by atoms with Crippen molar-refractivity contribution in [2.75, 3.05) is 12.3 Å². The lowest BCUT2D eigenvalue weighted by molar-refractivity contribution is 0.383. The van der Waals surface area contributed by atoms with E-state index in [1.54, 1.807) is 13.8 Å². The highest BCUT2D eigenvalue weighted by Gasteiger charge is 2.86. The van der Waals surface area contributed by atoms with Gasteiger partial charge in [0.05, 0.1) is 10.6 Å². The normalized spacial score (nSPS) is 23.4. The molecular formula is C64H78B2F10P2. The van der Waals surface area contributed by atoms with E-state index in [2.05, 4.69) is 62.4 Å². The van der Waals surface area contributed by atoms with Gasteiger partial charge in [-0.25, -0.2) is 43.9 Å². The second-order valence-electron chi connectivity index (χ2n) is 24.8. The standard InChI is InChI=1S/C50H62B2F10P2.2C7H8/c1-23(2)31-19-33(25(5)6)49(34(20-31)26(7)8)63-17-15-52(29(63)13,38-41(55)45(59)48(62)46(60)42(38)56)64(50-35(27(9)10)21-32(24(3)4)22-36(50)28(11)12)18-16-51(63,30(64)14)37-39(53)43(57)47(61)44(58)40(37)54;2*1-7-5-3-2-4-6-7/h19-30H,15-18H2,1-14H3;2*2-6H,1H3/t29-,30-,51+,52+,63?,64?;;/m0../s1. The molecule has 420 valence electrons. The molecule has 0 spiro atoms. The molecule has 9 rings (SSSR count). The number of benzene rings is 6. The van der Waals surface area contributed by atoms with Crippen LogP contribution in [0.1, 0.15) is 177 Å². The number of rotatable bonds is 10. The zero-order chi connectivity index (χ0) is 58.0. The van der Waals surface area contributed by atoms with Crippen molar-refractivity contribution in [3.63, 3.8) is 0 Å². The van der Waals surface area contributed by atoms with Crippen LogP contribution in [0.5, 0.6) is 0 Å². The Balaban J connectivity index is 0.000000546. The first-order chi connectivity index (χ1) is 36.5. The van der Waals surface area contributed by atoms with E-state index >= 15 is 43.9 Å². The van der Waals surface area contributed by atoms with E-state index < -0.39 is 106 Å². The van der Waals surface area contributed by atoms with Crippen molar-refractivity contribution >= 4 is 47.5 Å². The summed E-state index contributed by atoms with van der Waals surface area (Å²) in [6.45, 7) is 31.7. The molecule has 6 aromatic carbocycles. The fourth-order valence-electron chi connectivity index (χ4n) is 15.4. The van der Waals surface area contributed by atoms with E-state index in [1.807, 2.05) is 119 Å². The van der Waals surface area contributed by atoms with Crippen LogP contribution in [0.4, 0.5) is 43.9 Å². The van der Waals surface area contributed by atoms with Crippen LogP contribution >= 0.6 is 14.3 Å². The third-order valence-corrected chi connectivity index (χ3v) is 33.3. The lowest BCUT2D eigenvalue weighted by atomic mass is 9.36. The summed E-state index contributed by atoms with van der Waals surface area (Å²) in [4.78, 5) is 0. The summed E-state index contributed by atoms with van der Waals surface area (Å²) in [6.07, 6.45) is 0.0360. The Labute approximate surface area is 459 Å². The molecule has 6 aromatic rings. The third kappa shape index (κ3) is 9.33. The molecule has 2 unspecified atom stereocenters. The van der Waals surface area contributed by atoms with E-state index in [0.717, 1.165) is 44.0 Å². The lowest BCUT2D eigenvalue weighted by Crippen LogP contribution is -2.73. The third-order valence-electron chi connectivity index (χ3n) is 19.0.